The Kier molecular flexibility index (Phi) is 3.66. The largest absolute Gasteiger partial charge is 0.289 e. The minimum atomic E-state index is 0.0503. The summed E-state index contributed by atoms with van der Waals surface area (Å²) in [6.45, 7) is 0. The first kappa shape index (κ1) is 12.0. The van der Waals surface area contributed by atoms with Crippen molar-refractivity contribution < 1.29 is 4.79 Å². The molecule has 17 heavy (non-hydrogen) atoms. The molecule has 0 radical (unpaired) electrons. The van der Waals surface area contributed by atoms with E-state index in [0.717, 1.165) is 36.8 Å². The minimum absolute atomic E-state index is 0.0503. The standard InChI is InChI=1S/C15H13ClO/c1-2-11-5-3-4-6-14(11)15(17)12-7-9-13(16)10-8-12/h1,7-10H,3-6H2. The van der Waals surface area contributed by atoms with Crippen molar-refractivity contribution in [2.75, 3.05) is 0 Å². The molecule has 0 heterocycles. The number of allylic oxidation sites excluding steroid dienone is 2. The molecule has 0 fully saturated rings. The van der Waals surface area contributed by atoms with Crippen LogP contribution in [0.15, 0.2) is 35.4 Å². The molecule has 1 nitrogen and oxygen atoms in total. The first-order chi connectivity index (χ1) is 8.22. The zero-order valence-corrected chi connectivity index (χ0v) is 10.3. The highest BCUT2D eigenvalue weighted by Crippen LogP contribution is 2.27. The van der Waals surface area contributed by atoms with E-state index < -0.39 is 0 Å². The first-order valence-corrected chi connectivity index (χ1v) is 6.09. The lowest BCUT2D eigenvalue weighted by atomic mass is 9.87. The molecule has 0 saturated carbocycles. The molecule has 2 heteroatoms. The third-order valence-corrected chi connectivity index (χ3v) is 3.27. The number of Topliss-reactive ketones (excluding diaryl/α,β-unsaturated/α-hetero) is 1. The summed E-state index contributed by atoms with van der Waals surface area (Å²) in [4.78, 5) is 12.3. The zero-order chi connectivity index (χ0) is 12.3. The van der Waals surface area contributed by atoms with Gasteiger partial charge in [0, 0.05) is 21.7 Å². The maximum absolute atomic E-state index is 12.3. The third-order valence-electron chi connectivity index (χ3n) is 3.02. The monoisotopic (exact) mass is 244 g/mol. The van der Waals surface area contributed by atoms with E-state index in [1.165, 1.54) is 0 Å². The minimum Gasteiger partial charge on any atom is -0.289 e. The molecule has 1 aliphatic carbocycles. The average Bonchev–Trinajstić information content (AvgIpc) is 2.39. The lowest BCUT2D eigenvalue weighted by Crippen LogP contribution is -2.09. The molecule has 1 aliphatic rings. The van der Waals surface area contributed by atoms with E-state index >= 15 is 0 Å². The van der Waals surface area contributed by atoms with Gasteiger partial charge in [-0.1, -0.05) is 17.5 Å². The number of terminal acetylenes is 1. The zero-order valence-electron chi connectivity index (χ0n) is 9.50. The van der Waals surface area contributed by atoms with Gasteiger partial charge in [0.25, 0.3) is 0 Å². The number of hydrogen-bond acceptors (Lipinski definition) is 1. The molecule has 0 N–H and O–H groups in total. The van der Waals surface area contributed by atoms with Crippen molar-refractivity contribution in [3.05, 3.63) is 46.0 Å². The molecule has 0 spiro atoms. The lowest BCUT2D eigenvalue weighted by molar-refractivity contribution is 0.102. The van der Waals surface area contributed by atoms with Crippen LogP contribution >= 0.6 is 11.6 Å². The highest BCUT2D eigenvalue weighted by Gasteiger charge is 2.19. The molecule has 0 amide bonds. The van der Waals surface area contributed by atoms with Crippen molar-refractivity contribution >= 4 is 17.4 Å². The fourth-order valence-electron chi connectivity index (χ4n) is 2.09. The first-order valence-electron chi connectivity index (χ1n) is 5.71. The smallest absolute Gasteiger partial charge is 0.189 e. The summed E-state index contributed by atoms with van der Waals surface area (Å²) in [6.07, 6.45) is 9.22. The van der Waals surface area contributed by atoms with E-state index in [2.05, 4.69) is 5.92 Å². The highest BCUT2D eigenvalue weighted by molar-refractivity contribution is 6.30. The number of benzene rings is 1. The number of ketones is 1. The number of carbonyl (C=O) groups excluding carboxylic acids is 1. The number of carbonyl (C=O) groups is 1. The quantitative estimate of drug-likeness (QED) is 0.567. The van der Waals surface area contributed by atoms with Gasteiger partial charge in [-0.25, -0.2) is 0 Å². The Labute approximate surface area is 106 Å². The van der Waals surface area contributed by atoms with Gasteiger partial charge in [0.2, 0.25) is 0 Å². The van der Waals surface area contributed by atoms with Crippen molar-refractivity contribution in [3.63, 3.8) is 0 Å². The van der Waals surface area contributed by atoms with Gasteiger partial charge in [0.15, 0.2) is 5.78 Å². The van der Waals surface area contributed by atoms with E-state index in [-0.39, 0.29) is 5.78 Å². The van der Waals surface area contributed by atoms with E-state index in [1.54, 1.807) is 24.3 Å². The van der Waals surface area contributed by atoms with E-state index in [1.807, 2.05) is 0 Å². The molecule has 2 rings (SSSR count). The fourth-order valence-corrected chi connectivity index (χ4v) is 2.22. The van der Waals surface area contributed by atoms with Crippen LogP contribution in [-0.4, -0.2) is 5.78 Å². The second-order valence-corrected chi connectivity index (χ2v) is 4.58. The van der Waals surface area contributed by atoms with Gasteiger partial charge in [-0.2, -0.15) is 0 Å². The molecule has 0 bridgehead atoms. The van der Waals surface area contributed by atoms with Crippen molar-refractivity contribution in [2.24, 2.45) is 0 Å². The van der Waals surface area contributed by atoms with Gasteiger partial charge < -0.3 is 0 Å². The number of hydrogen-bond donors (Lipinski definition) is 0. The van der Waals surface area contributed by atoms with Gasteiger partial charge in [-0.05, 0) is 49.9 Å². The molecule has 0 unspecified atom stereocenters. The Balaban J connectivity index is 2.34. The molecular weight excluding hydrogens is 232 g/mol. The van der Waals surface area contributed by atoms with Crippen molar-refractivity contribution in [1.82, 2.24) is 0 Å². The van der Waals surface area contributed by atoms with Crippen LogP contribution in [0.3, 0.4) is 0 Å². The van der Waals surface area contributed by atoms with Crippen LogP contribution in [0.25, 0.3) is 0 Å². The molecule has 0 aromatic heterocycles. The summed E-state index contributed by atoms with van der Waals surface area (Å²) in [6, 6.07) is 6.96. The molecule has 0 atom stereocenters. The molecule has 1 aromatic rings. The second-order valence-electron chi connectivity index (χ2n) is 4.14. The van der Waals surface area contributed by atoms with Gasteiger partial charge in [-0.15, -0.1) is 6.42 Å². The van der Waals surface area contributed by atoms with Crippen LogP contribution in [0.1, 0.15) is 36.0 Å². The Bertz CT molecular complexity index is 503. The van der Waals surface area contributed by atoms with Crippen LogP contribution in [0, 0.1) is 12.3 Å². The Hall–Kier alpha value is -1.52. The predicted molar refractivity (Wildman–Crippen MR) is 70.1 cm³/mol. The van der Waals surface area contributed by atoms with Crippen LogP contribution in [0.5, 0.6) is 0 Å². The molecular formula is C15H13ClO. The third kappa shape index (κ3) is 2.60. The van der Waals surface area contributed by atoms with Crippen LogP contribution in [0.4, 0.5) is 0 Å². The summed E-state index contributed by atoms with van der Waals surface area (Å²) in [5.41, 5.74) is 2.34. The fraction of sp³-hybridized carbons (Fsp3) is 0.267. The molecule has 0 aliphatic heterocycles. The summed E-state index contributed by atoms with van der Waals surface area (Å²) in [7, 11) is 0. The second kappa shape index (κ2) is 5.21. The van der Waals surface area contributed by atoms with Crippen LogP contribution < -0.4 is 0 Å². The predicted octanol–water partition coefficient (Wildman–Crippen LogP) is 4.03. The van der Waals surface area contributed by atoms with E-state index in [9.17, 15) is 4.79 Å². The van der Waals surface area contributed by atoms with Crippen molar-refractivity contribution in [1.29, 1.82) is 0 Å². The molecule has 0 saturated heterocycles. The maximum atomic E-state index is 12.3. The topological polar surface area (TPSA) is 17.1 Å². The van der Waals surface area contributed by atoms with Gasteiger partial charge in [0.1, 0.15) is 0 Å². The van der Waals surface area contributed by atoms with Gasteiger partial charge in [0.05, 0.1) is 0 Å². The SMILES string of the molecule is C#CC1=C(C(=O)c2ccc(Cl)cc2)CCCC1. The van der Waals surface area contributed by atoms with E-state index in [0.29, 0.717) is 10.6 Å². The van der Waals surface area contributed by atoms with E-state index in [4.69, 9.17) is 18.0 Å². The van der Waals surface area contributed by atoms with Crippen molar-refractivity contribution in [3.8, 4) is 12.3 Å². The number of halogens is 1. The highest BCUT2D eigenvalue weighted by atomic mass is 35.5. The number of rotatable bonds is 2. The molecule has 1 aromatic carbocycles. The maximum Gasteiger partial charge on any atom is 0.189 e. The Morgan fingerprint density at radius 1 is 1.18 bits per heavy atom. The lowest BCUT2D eigenvalue weighted by Gasteiger charge is -2.15. The average molecular weight is 245 g/mol. The Morgan fingerprint density at radius 2 is 1.82 bits per heavy atom. The summed E-state index contributed by atoms with van der Waals surface area (Å²) in [5.74, 6) is 2.70. The van der Waals surface area contributed by atoms with Crippen molar-refractivity contribution in [2.45, 2.75) is 25.7 Å². The summed E-state index contributed by atoms with van der Waals surface area (Å²) in [5, 5.41) is 0.636. The van der Waals surface area contributed by atoms with Crippen LogP contribution in [0.2, 0.25) is 5.02 Å². The van der Waals surface area contributed by atoms with Gasteiger partial charge >= 0.3 is 0 Å². The normalized spacial score (nSPS) is 15.5. The van der Waals surface area contributed by atoms with Crippen LogP contribution in [-0.2, 0) is 0 Å². The summed E-state index contributed by atoms with van der Waals surface area (Å²) >= 11 is 5.80. The van der Waals surface area contributed by atoms with Gasteiger partial charge in [-0.3, -0.25) is 4.79 Å². The summed E-state index contributed by atoms with van der Waals surface area (Å²) < 4.78 is 0. The molecule has 86 valence electrons. The Morgan fingerprint density at radius 3 is 2.47 bits per heavy atom.